The van der Waals surface area contributed by atoms with E-state index in [1.165, 1.54) is 48.4 Å². The lowest BCUT2D eigenvalue weighted by molar-refractivity contribution is -0.119. The van der Waals surface area contributed by atoms with Crippen molar-refractivity contribution in [1.82, 2.24) is 9.88 Å². The van der Waals surface area contributed by atoms with Gasteiger partial charge in [0.05, 0.1) is 24.1 Å². The molecule has 1 N–H and O–H groups in total. The Morgan fingerprint density at radius 3 is 2.45 bits per heavy atom. The number of amides is 3. The Labute approximate surface area is 194 Å². The van der Waals surface area contributed by atoms with Crippen molar-refractivity contribution in [3.63, 3.8) is 0 Å². The summed E-state index contributed by atoms with van der Waals surface area (Å²) in [4.78, 5) is 32.7. The molecule has 33 heavy (non-hydrogen) atoms. The number of urea groups is 1. The van der Waals surface area contributed by atoms with Crippen LogP contribution in [-0.4, -0.2) is 39.4 Å². The standard InChI is InChI=1S/C23H25F3N4O2S/c1-15-21(31)30(18-7-9-19(10-8-18)33-23(24,25)26)22(32)29(15)14-16-11-12-27-13-20(16)28-17-5-3-2-4-6-17/h7-13,15,17,28H,2-6,14H2,1H3. The molecular formula is C23H25F3N4O2S. The van der Waals surface area contributed by atoms with Crippen molar-refractivity contribution < 1.29 is 22.8 Å². The van der Waals surface area contributed by atoms with Crippen molar-refractivity contribution in [2.45, 2.75) is 68.1 Å². The number of alkyl halides is 3. The summed E-state index contributed by atoms with van der Waals surface area (Å²) in [6.45, 7) is 1.88. The van der Waals surface area contributed by atoms with Crippen LogP contribution in [0.5, 0.6) is 0 Å². The molecule has 1 aromatic carbocycles. The first kappa shape index (κ1) is 23.4. The number of anilines is 2. The van der Waals surface area contributed by atoms with Crippen LogP contribution in [0, 0.1) is 0 Å². The predicted molar refractivity (Wildman–Crippen MR) is 121 cm³/mol. The molecule has 6 nitrogen and oxygen atoms in total. The molecule has 2 fully saturated rings. The number of aromatic nitrogens is 1. The Morgan fingerprint density at radius 2 is 1.79 bits per heavy atom. The number of rotatable bonds is 6. The summed E-state index contributed by atoms with van der Waals surface area (Å²) in [6.07, 6.45) is 9.17. The number of halogens is 3. The fourth-order valence-corrected chi connectivity index (χ4v) is 4.83. The molecule has 1 aliphatic carbocycles. The number of imide groups is 1. The minimum Gasteiger partial charge on any atom is -0.381 e. The predicted octanol–water partition coefficient (Wildman–Crippen LogP) is 5.80. The largest absolute Gasteiger partial charge is 0.446 e. The minimum absolute atomic E-state index is 0.00883. The number of benzene rings is 1. The van der Waals surface area contributed by atoms with Crippen LogP contribution in [-0.2, 0) is 11.3 Å². The summed E-state index contributed by atoms with van der Waals surface area (Å²) in [5.41, 5.74) is -2.44. The van der Waals surface area contributed by atoms with Crippen LogP contribution in [0.2, 0.25) is 0 Å². The molecule has 1 atom stereocenters. The molecule has 1 aliphatic heterocycles. The van der Waals surface area contributed by atoms with E-state index in [9.17, 15) is 22.8 Å². The molecule has 0 bridgehead atoms. The van der Waals surface area contributed by atoms with Crippen LogP contribution < -0.4 is 10.2 Å². The number of thioether (sulfide) groups is 1. The maximum Gasteiger partial charge on any atom is 0.446 e. The van der Waals surface area contributed by atoms with E-state index in [0.717, 1.165) is 29.0 Å². The van der Waals surface area contributed by atoms with Gasteiger partial charge in [-0.3, -0.25) is 9.78 Å². The van der Waals surface area contributed by atoms with Crippen molar-refractivity contribution in [3.05, 3.63) is 48.3 Å². The molecule has 10 heteroatoms. The van der Waals surface area contributed by atoms with Gasteiger partial charge >= 0.3 is 11.5 Å². The van der Waals surface area contributed by atoms with Crippen molar-refractivity contribution in [3.8, 4) is 0 Å². The zero-order chi connectivity index (χ0) is 23.6. The fourth-order valence-electron chi connectivity index (χ4n) is 4.29. The van der Waals surface area contributed by atoms with Gasteiger partial charge in [-0.15, -0.1) is 0 Å². The molecule has 3 amide bonds. The number of carbonyl (C=O) groups is 2. The third-order valence-corrected chi connectivity index (χ3v) is 6.77. The van der Waals surface area contributed by atoms with Crippen LogP contribution in [0.15, 0.2) is 47.6 Å². The third kappa shape index (κ3) is 5.43. The summed E-state index contributed by atoms with van der Waals surface area (Å²) < 4.78 is 37.8. The topological polar surface area (TPSA) is 65.5 Å². The number of pyridine rings is 1. The van der Waals surface area contributed by atoms with Crippen molar-refractivity contribution >= 4 is 35.1 Å². The van der Waals surface area contributed by atoms with Gasteiger partial charge in [0.25, 0.3) is 5.91 Å². The van der Waals surface area contributed by atoms with Gasteiger partial charge in [0.1, 0.15) is 6.04 Å². The van der Waals surface area contributed by atoms with Gasteiger partial charge in [0.2, 0.25) is 0 Å². The normalized spacial score (nSPS) is 19.9. The van der Waals surface area contributed by atoms with Crippen LogP contribution in [0.4, 0.5) is 29.3 Å². The van der Waals surface area contributed by atoms with E-state index in [1.54, 1.807) is 19.3 Å². The molecule has 1 aromatic heterocycles. The molecule has 0 spiro atoms. The van der Waals surface area contributed by atoms with E-state index in [0.29, 0.717) is 6.04 Å². The number of nitrogens with one attached hydrogen (secondary N) is 1. The summed E-state index contributed by atoms with van der Waals surface area (Å²) >= 11 is -0.240. The van der Waals surface area contributed by atoms with E-state index < -0.39 is 23.5 Å². The Balaban J connectivity index is 1.50. The number of nitrogens with zero attached hydrogens (tertiary/aromatic N) is 3. The second-order valence-corrected chi connectivity index (χ2v) is 9.45. The molecular weight excluding hydrogens is 453 g/mol. The zero-order valence-corrected chi connectivity index (χ0v) is 19.0. The van der Waals surface area contributed by atoms with Crippen LogP contribution in [0.25, 0.3) is 0 Å². The molecule has 176 valence electrons. The zero-order valence-electron chi connectivity index (χ0n) is 18.1. The van der Waals surface area contributed by atoms with Gasteiger partial charge in [0, 0.05) is 17.1 Å². The first-order chi connectivity index (χ1) is 15.7. The molecule has 0 radical (unpaired) electrons. The second kappa shape index (κ2) is 9.62. The number of hydrogen-bond donors (Lipinski definition) is 1. The third-order valence-electron chi connectivity index (χ3n) is 6.03. The molecule has 2 heterocycles. The molecule has 1 saturated carbocycles. The van der Waals surface area contributed by atoms with Gasteiger partial charge in [-0.05, 0) is 67.4 Å². The minimum atomic E-state index is -4.40. The Hall–Kier alpha value is -2.75. The van der Waals surface area contributed by atoms with E-state index in [-0.39, 0.29) is 28.9 Å². The van der Waals surface area contributed by atoms with Gasteiger partial charge in [-0.1, -0.05) is 19.3 Å². The lowest BCUT2D eigenvalue weighted by Crippen LogP contribution is -2.34. The molecule has 1 saturated heterocycles. The van der Waals surface area contributed by atoms with Crippen molar-refractivity contribution in [2.24, 2.45) is 0 Å². The Morgan fingerprint density at radius 1 is 1.09 bits per heavy atom. The SMILES string of the molecule is CC1C(=O)N(c2ccc(SC(F)(F)F)cc2)C(=O)N1Cc1ccncc1NC1CCCCC1. The first-order valence-electron chi connectivity index (χ1n) is 10.9. The molecule has 4 rings (SSSR count). The van der Waals surface area contributed by atoms with Gasteiger partial charge in [-0.2, -0.15) is 13.2 Å². The highest BCUT2D eigenvalue weighted by Gasteiger charge is 2.43. The fraction of sp³-hybridized carbons (Fsp3) is 0.435. The van der Waals surface area contributed by atoms with Crippen molar-refractivity contribution in [2.75, 3.05) is 10.2 Å². The average molecular weight is 479 g/mol. The Bertz CT molecular complexity index is 1010. The van der Waals surface area contributed by atoms with E-state index in [2.05, 4.69) is 10.3 Å². The average Bonchev–Trinajstić information content (AvgIpc) is 2.98. The maximum atomic E-state index is 13.2. The first-order valence-corrected chi connectivity index (χ1v) is 11.7. The number of carbonyl (C=O) groups excluding carboxylic acids is 2. The molecule has 1 unspecified atom stereocenters. The van der Waals surface area contributed by atoms with Crippen molar-refractivity contribution in [1.29, 1.82) is 0 Å². The number of hydrogen-bond acceptors (Lipinski definition) is 5. The monoisotopic (exact) mass is 478 g/mol. The van der Waals surface area contributed by atoms with Crippen LogP contribution >= 0.6 is 11.8 Å². The summed E-state index contributed by atoms with van der Waals surface area (Å²) in [5.74, 6) is -0.410. The summed E-state index contributed by atoms with van der Waals surface area (Å²) in [7, 11) is 0. The lowest BCUT2D eigenvalue weighted by Gasteiger charge is -2.26. The van der Waals surface area contributed by atoms with Gasteiger partial charge in [-0.25, -0.2) is 9.69 Å². The van der Waals surface area contributed by atoms with Crippen LogP contribution in [0.3, 0.4) is 0 Å². The van der Waals surface area contributed by atoms with Gasteiger partial charge in [0.15, 0.2) is 0 Å². The van der Waals surface area contributed by atoms with Crippen LogP contribution in [0.1, 0.15) is 44.6 Å². The maximum absolute atomic E-state index is 13.2. The Kier molecular flexibility index (Phi) is 6.83. The summed E-state index contributed by atoms with van der Waals surface area (Å²) in [5, 5.41) is 3.54. The van der Waals surface area contributed by atoms with E-state index >= 15 is 0 Å². The van der Waals surface area contributed by atoms with Gasteiger partial charge < -0.3 is 10.2 Å². The lowest BCUT2D eigenvalue weighted by atomic mass is 9.95. The molecule has 2 aromatic rings. The highest BCUT2D eigenvalue weighted by atomic mass is 32.2. The quantitative estimate of drug-likeness (QED) is 0.420. The highest BCUT2D eigenvalue weighted by Crippen LogP contribution is 2.38. The smallest absolute Gasteiger partial charge is 0.381 e. The second-order valence-electron chi connectivity index (χ2n) is 8.31. The van der Waals surface area contributed by atoms with E-state index in [4.69, 9.17) is 0 Å². The highest BCUT2D eigenvalue weighted by molar-refractivity contribution is 8.00. The molecule has 2 aliphatic rings. The summed E-state index contributed by atoms with van der Waals surface area (Å²) in [6, 6.07) is 6.25. The van der Waals surface area contributed by atoms with E-state index in [1.807, 2.05) is 6.07 Å².